The molecule has 0 bridgehead atoms. The van der Waals surface area contributed by atoms with Crippen molar-refractivity contribution in [3.63, 3.8) is 0 Å². The van der Waals surface area contributed by atoms with Crippen molar-refractivity contribution in [2.24, 2.45) is 5.41 Å². The molecule has 0 aromatic heterocycles. The van der Waals surface area contributed by atoms with E-state index in [1.807, 2.05) is 0 Å². The molecule has 2 aromatic rings. The SMILES string of the molecule is CCOC(=O)[C@@]1([C@@H](C[N+](=O)[O-])c2ccccc2)Cc2cc(OC)ccc2OC1=O. The monoisotopic (exact) mass is 399 g/mol. The Morgan fingerprint density at radius 1 is 1.28 bits per heavy atom. The minimum atomic E-state index is -1.89. The second-order valence-corrected chi connectivity index (χ2v) is 6.71. The third-order valence-electron chi connectivity index (χ3n) is 5.07. The lowest BCUT2D eigenvalue weighted by atomic mass is 9.67. The van der Waals surface area contributed by atoms with E-state index in [0.717, 1.165) is 0 Å². The molecular formula is C21H21NO7. The van der Waals surface area contributed by atoms with E-state index >= 15 is 0 Å². The van der Waals surface area contributed by atoms with Gasteiger partial charge >= 0.3 is 11.9 Å². The largest absolute Gasteiger partial charge is 0.497 e. The second-order valence-electron chi connectivity index (χ2n) is 6.71. The maximum Gasteiger partial charge on any atom is 0.330 e. The Morgan fingerprint density at radius 2 is 2.00 bits per heavy atom. The minimum Gasteiger partial charge on any atom is -0.497 e. The van der Waals surface area contributed by atoms with Gasteiger partial charge in [0, 0.05) is 16.9 Å². The molecule has 0 saturated carbocycles. The quantitative estimate of drug-likeness (QED) is 0.232. The summed E-state index contributed by atoms with van der Waals surface area (Å²) >= 11 is 0. The fourth-order valence-corrected chi connectivity index (χ4v) is 3.69. The maximum atomic E-state index is 13.2. The van der Waals surface area contributed by atoms with Crippen molar-refractivity contribution < 1.29 is 28.7 Å². The first-order chi connectivity index (χ1) is 13.9. The highest BCUT2D eigenvalue weighted by molar-refractivity contribution is 6.03. The van der Waals surface area contributed by atoms with Crippen LogP contribution >= 0.6 is 0 Å². The first-order valence-electron chi connectivity index (χ1n) is 9.15. The summed E-state index contributed by atoms with van der Waals surface area (Å²) in [6, 6.07) is 13.3. The van der Waals surface area contributed by atoms with Crippen molar-refractivity contribution in [1.29, 1.82) is 0 Å². The Morgan fingerprint density at radius 3 is 2.62 bits per heavy atom. The van der Waals surface area contributed by atoms with Gasteiger partial charge in [-0.2, -0.15) is 0 Å². The molecule has 0 saturated heterocycles. The zero-order chi connectivity index (χ0) is 21.0. The maximum absolute atomic E-state index is 13.2. The third-order valence-corrected chi connectivity index (χ3v) is 5.07. The molecule has 2 aromatic carbocycles. The fraction of sp³-hybridized carbons (Fsp3) is 0.333. The average molecular weight is 399 g/mol. The lowest BCUT2D eigenvalue weighted by molar-refractivity contribution is -0.485. The van der Waals surface area contributed by atoms with Gasteiger partial charge in [-0.15, -0.1) is 0 Å². The van der Waals surface area contributed by atoms with E-state index in [4.69, 9.17) is 14.2 Å². The molecule has 1 heterocycles. The number of fused-ring (bicyclic) bond motifs is 1. The highest BCUT2D eigenvalue weighted by atomic mass is 16.6. The molecule has 2 atom stereocenters. The van der Waals surface area contributed by atoms with E-state index in [1.165, 1.54) is 7.11 Å². The number of benzene rings is 2. The fourth-order valence-electron chi connectivity index (χ4n) is 3.69. The first kappa shape index (κ1) is 20.3. The van der Waals surface area contributed by atoms with Crippen LogP contribution in [0.1, 0.15) is 24.0 Å². The Kier molecular flexibility index (Phi) is 5.81. The van der Waals surface area contributed by atoms with Gasteiger partial charge in [0.1, 0.15) is 11.5 Å². The van der Waals surface area contributed by atoms with E-state index in [0.29, 0.717) is 22.6 Å². The molecule has 1 aliphatic heterocycles. The molecule has 1 aliphatic rings. The van der Waals surface area contributed by atoms with E-state index in [2.05, 4.69) is 0 Å². The molecule has 0 aliphatic carbocycles. The Balaban J connectivity index is 2.19. The molecule has 8 heteroatoms. The van der Waals surface area contributed by atoms with Crippen LogP contribution in [0.4, 0.5) is 0 Å². The van der Waals surface area contributed by atoms with Crippen molar-refractivity contribution in [1.82, 2.24) is 0 Å². The molecule has 8 nitrogen and oxygen atoms in total. The van der Waals surface area contributed by atoms with Gasteiger partial charge in [0.15, 0.2) is 5.41 Å². The molecule has 0 unspecified atom stereocenters. The summed E-state index contributed by atoms with van der Waals surface area (Å²) in [5, 5.41) is 11.5. The van der Waals surface area contributed by atoms with Crippen LogP contribution in [-0.2, 0) is 20.7 Å². The molecule has 152 valence electrons. The van der Waals surface area contributed by atoms with Crippen molar-refractivity contribution >= 4 is 11.9 Å². The van der Waals surface area contributed by atoms with Gasteiger partial charge in [-0.05, 0) is 30.7 Å². The average Bonchev–Trinajstić information content (AvgIpc) is 2.72. The van der Waals surface area contributed by atoms with E-state index in [1.54, 1.807) is 55.5 Å². The summed E-state index contributed by atoms with van der Waals surface area (Å²) in [5.74, 6) is -1.95. The smallest absolute Gasteiger partial charge is 0.330 e. The number of nitrogens with zero attached hydrogens (tertiary/aromatic N) is 1. The zero-order valence-electron chi connectivity index (χ0n) is 16.1. The Labute approximate surface area is 167 Å². The second kappa shape index (κ2) is 8.30. The van der Waals surface area contributed by atoms with Crippen LogP contribution in [0.25, 0.3) is 0 Å². The number of carbonyl (C=O) groups excluding carboxylic acids is 2. The Bertz CT molecular complexity index is 928. The summed E-state index contributed by atoms with van der Waals surface area (Å²) in [5.41, 5.74) is -0.856. The molecule has 29 heavy (non-hydrogen) atoms. The van der Waals surface area contributed by atoms with Gasteiger partial charge < -0.3 is 14.2 Å². The molecule has 0 amide bonds. The number of carbonyl (C=O) groups is 2. The van der Waals surface area contributed by atoms with Gasteiger partial charge in [0.25, 0.3) is 0 Å². The number of rotatable bonds is 7. The summed E-state index contributed by atoms with van der Waals surface area (Å²) in [6.07, 6.45) is -0.0927. The molecule has 0 radical (unpaired) electrons. The molecular weight excluding hydrogens is 378 g/mol. The predicted molar refractivity (Wildman–Crippen MR) is 102 cm³/mol. The molecule has 3 rings (SSSR count). The number of hydrogen-bond acceptors (Lipinski definition) is 7. The van der Waals surface area contributed by atoms with Crippen LogP contribution in [-0.4, -0.2) is 37.1 Å². The standard InChI is InChI=1S/C21H21NO7/c1-3-28-19(23)21(17(13-22(25)26)14-7-5-4-6-8-14)12-15-11-16(27-2)9-10-18(15)29-20(21)24/h4-11,17H,3,12-13H2,1-2H3/t17-,21-/m0/s1. The van der Waals surface area contributed by atoms with E-state index < -0.39 is 34.7 Å². The zero-order valence-corrected chi connectivity index (χ0v) is 16.1. The third kappa shape index (κ3) is 3.78. The summed E-state index contributed by atoms with van der Waals surface area (Å²) in [4.78, 5) is 37.2. The molecule has 0 fully saturated rings. The first-order valence-corrected chi connectivity index (χ1v) is 9.15. The summed E-state index contributed by atoms with van der Waals surface area (Å²) < 4.78 is 15.9. The number of ether oxygens (including phenoxy) is 3. The number of methoxy groups -OCH3 is 1. The van der Waals surface area contributed by atoms with Gasteiger partial charge in [0.05, 0.1) is 19.6 Å². The van der Waals surface area contributed by atoms with Crippen LogP contribution in [0, 0.1) is 15.5 Å². The lowest BCUT2D eigenvalue weighted by Gasteiger charge is -2.38. The molecule has 0 N–H and O–H groups in total. The topological polar surface area (TPSA) is 105 Å². The Hall–Kier alpha value is -3.42. The number of nitro groups is 1. The van der Waals surface area contributed by atoms with Crippen LogP contribution in [0.2, 0.25) is 0 Å². The van der Waals surface area contributed by atoms with Crippen LogP contribution < -0.4 is 9.47 Å². The number of esters is 2. The van der Waals surface area contributed by atoms with Crippen molar-refractivity contribution in [2.45, 2.75) is 19.3 Å². The minimum absolute atomic E-state index is 0.0266. The van der Waals surface area contributed by atoms with Crippen LogP contribution in [0.3, 0.4) is 0 Å². The summed E-state index contributed by atoms with van der Waals surface area (Å²) in [7, 11) is 1.49. The van der Waals surface area contributed by atoms with Crippen LogP contribution in [0.5, 0.6) is 11.5 Å². The highest BCUT2D eigenvalue weighted by Gasteiger charge is 2.59. The van der Waals surface area contributed by atoms with Gasteiger partial charge in [-0.1, -0.05) is 30.3 Å². The lowest BCUT2D eigenvalue weighted by Crippen LogP contribution is -2.53. The summed E-state index contributed by atoms with van der Waals surface area (Å²) in [6.45, 7) is 1.01. The van der Waals surface area contributed by atoms with Gasteiger partial charge in [-0.25, -0.2) is 0 Å². The van der Waals surface area contributed by atoms with E-state index in [-0.39, 0.29) is 13.0 Å². The predicted octanol–water partition coefficient (Wildman–Crippen LogP) is 2.77. The molecule has 0 spiro atoms. The van der Waals surface area contributed by atoms with Crippen molar-refractivity contribution in [3.05, 3.63) is 69.8 Å². The van der Waals surface area contributed by atoms with E-state index in [9.17, 15) is 19.7 Å². The normalized spacial score (nSPS) is 18.9. The van der Waals surface area contributed by atoms with Crippen molar-refractivity contribution in [3.8, 4) is 11.5 Å². The highest BCUT2D eigenvalue weighted by Crippen LogP contribution is 2.47. The van der Waals surface area contributed by atoms with Gasteiger partial charge in [0.2, 0.25) is 6.54 Å². The van der Waals surface area contributed by atoms with Gasteiger partial charge in [-0.3, -0.25) is 19.7 Å². The van der Waals surface area contributed by atoms with Crippen LogP contribution in [0.15, 0.2) is 48.5 Å². The van der Waals surface area contributed by atoms with Crippen molar-refractivity contribution in [2.75, 3.05) is 20.3 Å². The number of hydrogen-bond donors (Lipinski definition) is 0.